The number of alkyl halides is 3. The van der Waals surface area contributed by atoms with Crippen molar-refractivity contribution in [3.63, 3.8) is 0 Å². The SMILES string of the molecule is CC(C#N)c1cc(C#N)c(C(F)(F)F)cc1C#N. The van der Waals surface area contributed by atoms with E-state index in [1.165, 1.54) is 13.0 Å². The molecule has 1 atom stereocenters. The molecule has 0 spiro atoms. The van der Waals surface area contributed by atoms with E-state index in [1.807, 2.05) is 6.07 Å². The van der Waals surface area contributed by atoms with Gasteiger partial charge in [0, 0.05) is 0 Å². The molecule has 0 amide bonds. The molecule has 0 aliphatic carbocycles. The van der Waals surface area contributed by atoms with Crippen molar-refractivity contribution in [3.05, 3.63) is 34.4 Å². The predicted octanol–water partition coefficient (Wildman–Crippen LogP) is 3.08. The van der Waals surface area contributed by atoms with Crippen LogP contribution in [0.1, 0.15) is 35.1 Å². The molecule has 0 heterocycles. The summed E-state index contributed by atoms with van der Waals surface area (Å²) in [6.07, 6.45) is -4.70. The number of rotatable bonds is 1. The standard InChI is InChI=1S/C12H6F3N3/c1-7(4-16)10-2-9(6-18)11(12(13,14)15)3-8(10)5-17/h2-3,7H,1H3. The first-order chi connectivity index (χ1) is 8.35. The Morgan fingerprint density at radius 1 is 1.06 bits per heavy atom. The average Bonchev–Trinajstić information content (AvgIpc) is 2.34. The van der Waals surface area contributed by atoms with E-state index in [0.29, 0.717) is 6.07 Å². The van der Waals surface area contributed by atoms with Crippen LogP contribution in [0.4, 0.5) is 13.2 Å². The Morgan fingerprint density at radius 2 is 1.61 bits per heavy atom. The maximum atomic E-state index is 12.6. The summed E-state index contributed by atoms with van der Waals surface area (Å²) in [5, 5.41) is 26.3. The third-order valence-electron chi connectivity index (χ3n) is 2.40. The lowest BCUT2D eigenvalue weighted by molar-refractivity contribution is -0.137. The fraction of sp³-hybridized carbons (Fsp3) is 0.250. The summed E-state index contributed by atoms with van der Waals surface area (Å²) in [5.41, 5.74) is -1.85. The zero-order valence-electron chi connectivity index (χ0n) is 9.21. The van der Waals surface area contributed by atoms with E-state index in [4.69, 9.17) is 15.8 Å². The summed E-state index contributed by atoms with van der Waals surface area (Å²) in [5.74, 6) is -0.756. The summed E-state index contributed by atoms with van der Waals surface area (Å²) in [7, 11) is 0. The highest BCUT2D eigenvalue weighted by molar-refractivity contribution is 5.52. The predicted molar refractivity (Wildman–Crippen MR) is 54.9 cm³/mol. The van der Waals surface area contributed by atoms with Gasteiger partial charge >= 0.3 is 6.18 Å². The number of nitrogens with zero attached hydrogens (tertiary/aromatic N) is 3. The fourth-order valence-corrected chi connectivity index (χ4v) is 1.47. The van der Waals surface area contributed by atoms with Gasteiger partial charge in [-0.05, 0) is 24.6 Å². The fourth-order valence-electron chi connectivity index (χ4n) is 1.47. The maximum Gasteiger partial charge on any atom is 0.417 e. The molecule has 0 aromatic heterocycles. The Balaban J connectivity index is 3.61. The van der Waals surface area contributed by atoms with Gasteiger partial charge < -0.3 is 0 Å². The van der Waals surface area contributed by atoms with Crippen molar-refractivity contribution >= 4 is 0 Å². The summed E-state index contributed by atoms with van der Waals surface area (Å²) in [6.45, 7) is 1.45. The van der Waals surface area contributed by atoms with E-state index < -0.39 is 23.2 Å². The molecule has 18 heavy (non-hydrogen) atoms. The van der Waals surface area contributed by atoms with Crippen molar-refractivity contribution in [1.82, 2.24) is 0 Å². The molecule has 6 heteroatoms. The van der Waals surface area contributed by atoms with Crippen LogP contribution in [0.3, 0.4) is 0 Å². The lowest BCUT2D eigenvalue weighted by atomic mass is 9.92. The molecular formula is C12H6F3N3. The van der Waals surface area contributed by atoms with Crippen LogP contribution >= 0.6 is 0 Å². The summed E-state index contributed by atoms with van der Waals surface area (Å²) in [4.78, 5) is 0. The molecule has 0 bridgehead atoms. The molecule has 0 N–H and O–H groups in total. The van der Waals surface area contributed by atoms with Crippen LogP contribution in [0.15, 0.2) is 12.1 Å². The van der Waals surface area contributed by atoms with E-state index in [1.54, 1.807) is 6.07 Å². The monoisotopic (exact) mass is 249 g/mol. The molecule has 0 saturated heterocycles. The van der Waals surface area contributed by atoms with Crippen LogP contribution in [-0.2, 0) is 6.18 Å². The van der Waals surface area contributed by atoms with E-state index in [-0.39, 0.29) is 11.1 Å². The zero-order chi connectivity index (χ0) is 13.9. The van der Waals surface area contributed by atoms with E-state index in [2.05, 4.69) is 0 Å². The second kappa shape index (κ2) is 4.77. The highest BCUT2D eigenvalue weighted by atomic mass is 19.4. The van der Waals surface area contributed by atoms with Gasteiger partial charge in [0.2, 0.25) is 0 Å². The molecule has 90 valence electrons. The molecule has 3 nitrogen and oxygen atoms in total. The van der Waals surface area contributed by atoms with Gasteiger partial charge in [-0.2, -0.15) is 29.0 Å². The van der Waals surface area contributed by atoms with Gasteiger partial charge in [-0.25, -0.2) is 0 Å². The second-order valence-corrected chi connectivity index (χ2v) is 3.56. The van der Waals surface area contributed by atoms with Gasteiger partial charge in [-0.15, -0.1) is 0 Å². The minimum Gasteiger partial charge on any atom is -0.198 e. The van der Waals surface area contributed by atoms with Gasteiger partial charge in [0.15, 0.2) is 0 Å². The minimum absolute atomic E-state index is 0.129. The molecule has 1 aromatic rings. The van der Waals surface area contributed by atoms with Crippen LogP contribution in [0.25, 0.3) is 0 Å². The summed E-state index contributed by atoms with van der Waals surface area (Å²) in [6, 6.07) is 6.44. The second-order valence-electron chi connectivity index (χ2n) is 3.56. The molecule has 1 rings (SSSR count). The zero-order valence-corrected chi connectivity index (χ0v) is 9.21. The topological polar surface area (TPSA) is 71.4 Å². The molecule has 0 saturated carbocycles. The van der Waals surface area contributed by atoms with E-state index in [9.17, 15) is 13.2 Å². The van der Waals surface area contributed by atoms with E-state index in [0.717, 1.165) is 6.07 Å². The van der Waals surface area contributed by atoms with Gasteiger partial charge in [0.1, 0.15) is 0 Å². The lowest BCUT2D eigenvalue weighted by Gasteiger charge is -2.12. The third kappa shape index (κ3) is 2.42. The van der Waals surface area contributed by atoms with Crippen molar-refractivity contribution in [2.24, 2.45) is 0 Å². The number of nitriles is 3. The number of benzene rings is 1. The Bertz CT molecular complexity index is 597. The van der Waals surface area contributed by atoms with Crippen LogP contribution in [0, 0.1) is 34.0 Å². The molecule has 0 aliphatic heterocycles. The Hall–Kier alpha value is -2.52. The van der Waals surface area contributed by atoms with Crippen molar-refractivity contribution in [3.8, 4) is 18.2 Å². The van der Waals surface area contributed by atoms with Crippen LogP contribution in [0.5, 0.6) is 0 Å². The van der Waals surface area contributed by atoms with Crippen LogP contribution in [-0.4, -0.2) is 0 Å². The highest BCUT2D eigenvalue weighted by Gasteiger charge is 2.35. The Labute approximate surface area is 101 Å². The Kier molecular flexibility index (Phi) is 3.59. The highest BCUT2D eigenvalue weighted by Crippen LogP contribution is 2.34. The van der Waals surface area contributed by atoms with Crippen LogP contribution < -0.4 is 0 Å². The van der Waals surface area contributed by atoms with Gasteiger partial charge in [0.25, 0.3) is 0 Å². The summed E-state index contributed by atoms with van der Waals surface area (Å²) >= 11 is 0. The average molecular weight is 249 g/mol. The quantitative estimate of drug-likeness (QED) is 0.767. The van der Waals surface area contributed by atoms with Crippen molar-refractivity contribution in [2.45, 2.75) is 19.0 Å². The molecule has 1 aromatic carbocycles. The van der Waals surface area contributed by atoms with Crippen molar-refractivity contribution in [1.29, 1.82) is 15.8 Å². The van der Waals surface area contributed by atoms with Gasteiger partial charge in [-0.1, -0.05) is 0 Å². The maximum absolute atomic E-state index is 12.6. The largest absolute Gasteiger partial charge is 0.417 e. The first-order valence-corrected chi connectivity index (χ1v) is 4.80. The van der Waals surface area contributed by atoms with Crippen molar-refractivity contribution < 1.29 is 13.2 Å². The third-order valence-corrected chi connectivity index (χ3v) is 2.40. The number of halogens is 3. The van der Waals surface area contributed by atoms with Gasteiger partial charge in [-0.3, -0.25) is 0 Å². The summed E-state index contributed by atoms with van der Waals surface area (Å²) < 4.78 is 37.9. The lowest BCUT2D eigenvalue weighted by Crippen LogP contribution is -2.10. The Morgan fingerprint density at radius 3 is 2.00 bits per heavy atom. The first kappa shape index (κ1) is 13.5. The number of hydrogen-bond acceptors (Lipinski definition) is 3. The molecule has 0 fully saturated rings. The van der Waals surface area contributed by atoms with Crippen LogP contribution in [0.2, 0.25) is 0 Å². The smallest absolute Gasteiger partial charge is 0.198 e. The molecule has 0 aliphatic rings. The minimum atomic E-state index is -4.70. The van der Waals surface area contributed by atoms with E-state index >= 15 is 0 Å². The van der Waals surface area contributed by atoms with Gasteiger partial charge in [0.05, 0.1) is 40.8 Å². The molecular weight excluding hydrogens is 243 g/mol. The van der Waals surface area contributed by atoms with Crippen molar-refractivity contribution in [2.75, 3.05) is 0 Å². The first-order valence-electron chi connectivity index (χ1n) is 4.80. The molecule has 1 unspecified atom stereocenters. The number of hydrogen-bond donors (Lipinski definition) is 0. The molecule has 0 radical (unpaired) electrons. The normalized spacial score (nSPS) is 12.1.